The number of halogens is 5. The van der Waals surface area contributed by atoms with Crippen molar-refractivity contribution in [1.82, 2.24) is 4.57 Å². The number of imidazole rings is 1. The Kier molecular flexibility index (Phi) is 6.86. The Bertz CT molecular complexity index is 1130. The first-order valence-corrected chi connectivity index (χ1v) is 10.3. The van der Waals surface area contributed by atoms with Crippen LogP contribution in [0.5, 0.6) is 0 Å². The molecule has 0 saturated carbocycles. The molecule has 4 nitrogen and oxygen atoms in total. The monoisotopic (exact) mass is 471 g/mol. The summed E-state index contributed by atoms with van der Waals surface area (Å²) in [6.07, 6.45) is -0.774. The van der Waals surface area contributed by atoms with Crippen LogP contribution in [0.1, 0.15) is 36.2 Å². The highest BCUT2D eigenvalue weighted by Gasteiger charge is 2.34. The lowest BCUT2D eigenvalue weighted by atomic mass is 10.2. The quantitative estimate of drug-likeness (QED) is 0.584. The molecule has 2 heterocycles. The molecule has 1 aliphatic heterocycles. The minimum absolute atomic E-state index is 0. The predicted octanol–water partition coefficient (Wildman–Crippen LogP) is 2.28. The Balaban J connectivity index is 0.00000272. The van der Waals surface area contributed by atoms with Gasteiger partial charge in [0.05, 0.1) is 22.8 Å². The van der Waals surface area contributed by atoms with Gasteiger partial charge in [0.1, 0.15) is 0 Å². The van der Waals surface area contributed by atoms with Crippen molar-refractivity contribution in [2.75, 3.05) is 5.32 Å². The summed E-state index contributed by atoms with van der Waals surface area (Å²) >= 11 is 6.21. The van der Waals surface area contributed by atoms with Gasteiger partial charge in [-0.1, -0.05) is 17.7 Å². The SMILES string of the molecule is Cc1ccc(NC(=O)Cn2c3[n+](c4ccc(C(F)(F)F)cc42)CCCCC3)c(Cl)c1.[Cl-]. The van der Waals surface area contributed by atoms with Crippen molar-refractivity contribution in [3.63, 3.8) is 0 Å². The van der Waals surface area contributed by atoms with Gasteiger partial charge in [-0.3, -0.25) is 4.79 Å². The number of rotatable bonds is 3. The second-order valence-electron chi connectivity index (χ2n) is 7.70. The number of aryl methyl sites for hydroxylation is 2. The normalized spacial score (nSPS) is 14.0. The van der Waals surface area contributed by atoms with Crippen LogP contribution in [0.15, 0.2) is 36.4 Å². The molecule has 9 heteroatoms. The first kappa shape index (κ1) is 23.4. The zero-order chi connectivity index (χ0) is 21.5. The molecule has 166 valence electrons. The molecule has 2 aromatic carbocycles. The molecule has 4 rings (SSSR count). The summed E-state index contributed by atoms with van der Waals surface area (Å²) < 4.78 is 43.7. The van der Waals surface area contributed by atoms with E-state index in [1.807, 2.05) is 13.0 Å². The highest BCUT2D eigenvalue weighted by Crippen LogP contribution is 2.32. The maximum Gasteiger partial charge on any atom is 0.416 e. The molecule has 0 fully saturated rings. The Labute approximate surface area is 189 Å². The third-order valence-corrected chi connectivity index (χ3v) is 5.80. The number of fused-ring (bicyclic) bond motifs is 3. The second-order valence-corrected chi connectivity index (χ2v) is 8.10. The van der Waals surface area contributed by atoms with Crippen LogP contribution in [-0.2, 0) is 30.5 Å². The van der Waals surface area contributed by atoms with Crippen LogP contribution in [-0.4, -0.2) is 10.5 Å². The summed E-state index contributed by atoms with van der Waals surface area (Å²) in [5, 5.41) is 3.21. The van der Waals surface area contributed by atoms with Crippen molar-refractivity contribution in [1.29, 1.82) is 0 Å². The van der Waals surface area contributed by atoms with Gasteiger partial charge in [0.2, 0.25) is 0 Å². The van der Waals surface area contributed by atoms with Gasteiger partial charge in [-0.05, 0) is 56.0 Å². The number of alkyl halides is 3. The maximum atomic E-state index is 13.3. The van der Waals surface area contributed by atoms with Crippen molar-refractivity contribution in [2.24, 2.45) is 0 Å². The average Bonchev–Trinajstić information content (AvgIpc) is 2.83. The number of carbonyl (C=O) groups is 1. The molecule has 1 aliphatic rings. The minimum Gasteiger partial charge on any atom is -1.00 e. The van der Waals surface area contributed by atoms with E-state index in [9.17, 15) is 18.0 Å². The standard InChI is InChI=1S/C22H21ClF3N3O.ClH/c1-14-6-8-17(16(23)11-14)27-20(30)13-29-19-12-15(22(24,25)26)7-9-18(19)28-10-4-2-3-5-21(28)29;/h6-9,11-12H,2-5,10,13H2,1H3;1H. The topological polar surface area (TPSA) is 37.9 Å². The second kappa shape index (κ2) is 9.09. The van der Waals surface area contributed by atoms with Crippen LogP contribution in [0.25, 0.3) is 11.0 Å². The summed E-state index contributed by atoms with van der Waals surface area (Å²) in [6.45, 7) is 2.55. The largest absolute Gasteiger partial charge is 1.00 e. The van der Waals surface area contributed by atoms with Gasteiger partial charge in [0, 0.05) is 12.5 Å². The van der Waals surface area contributed by atoms with E-state index in [0.717, 1.165) is 54.8 Å². The van der Waals surface area contributed by atoms with E-state index in [1.54, 1.807) is 16.7 Å². The smallest absolute Gasteiger partial charge is 0.416 e. The highest BCUT2D eigenvalue weighted by molar-refractivity contribution is 6.33. The first-order valence-electron chi connectivity index (χ1n) is 9.92. The summed E-state index contributed by atoms with van der Waals surface area (Å²) in [5.74, 6) is 0.551. The number of hydrogen-bond acceptors (Lipinski definition) is 1. The molecule has 0 saturated heterocycles. The van der Waals surface area contributed by atoms with Crippen LogP contribution in [0.2, 0.25) is 5.02 Å². The van der Waals surface area contributed by atoms with E-state index in [-0.39, 0.29) is 24.9 Å². The lowest BCUT2D eigenvalue weighted by molar-refractivity contribution is -0.678. The summed E-state index contributed by atoms with van der Waals surface area (Å²) in [4.78, 5) is 12.8. The fourth-order valence-electron chi connectivity index (χ4n) is 4.05. The molecule has 3 aromatic rings. The molecular weight excluding hydrogens is 450 g/mol. The van der Waals surface area contributed by atoms with Gasteiger partial charge in [-0.2, -0.15) is 13.2 Å². The number of nitrogens with zero attached hydrogens (tertiary/aromatic N) is 2. The average molecular weight is 472 g/mol. The van der Waals surface area contributed by atoms with Crippen molar-refractivity contribution in [3.05, 3.63) is 58.4 Å². The maximum absolute atomic E-state index is 13.3. The van der Waals surface area contributed by atoms with Crippen molar-refractivity contribution in [3.8, 4) is 0 Å². The van der Waals surface area contributed by atoms with Crippen molar-refractivity contribution in [2.45, 2.75) is 51.9 Å². The molecule has 0 unspecified atom stereocenters. The number of anilines is 1. The van der Waals surface area contributed by atoms with Crippen LogP contribution >= 0.6 is 11.6 Å². The van der Waals surface area contributed by atoms with Crippen molar-refractivity contribution < 1.29 is 34.9 Å². The van der Waals surface area contributed by atoms with Crippen LogP contribution in [0.3, 0.4) is 0 Å². The molecule has 1 N–H and O–H groups in total. The molecule has 0 bridgehead atoms. The molecule has 0 spiro atoms. The molecular formula is C22H22Cl2F3N3O. The van der Waals surface area contributed by atoms with Gasteiger partial charge in [0.25, 0.3) is 11.7 Å². The summed E-state index contributed by atoms with van der Waals surface area (Å²) in [7, 11) is 0. The van der Waals surface area contributed by atoms with E-state index in [0.29, 0.717) is 22.6 Å². The van der Waals surface area contributed by atoms with Crippen LogP contribution in [0.4, 0.5) is 18.9 Å². The third-order valence-electron chi connectivity index (χ3n) is 5.49. The number of nitrogens with one attached hydrogen (secondary N) is 1. The predicted molar refractivity (Wildman–Crippen MR) is 110 cm³/mol. The zero-order valence-electron chi connectivity index (χ0n) is 16.9. The fraction of sp³-hybridized carbons (Fsp3) is 0.364. The fourth-order valence-corrected chi connectivity index (χ4v) is 4.33. The third kappa shape index (κ3) is 4.83. The number of aromatic nitrogens is 2. The molecule has 0 aliphatic carbocycles. The van der Waals surface area contributed by atoms with Crippen molar-refractivity contribution >= 4 is 34.2 Å². The Morgan fingerprint density at radius 1 is 1.16 bits per heavy atom. The van der Waals surface area contributed by atoms with Gasteiger partial charge < -0.3 is 17.7 Å². The van der Waals surface area contributed by atoms with E-state index in [2.05, 4.69) is 9.88 Å². The zero-order valence-corrected chi connectivity index (χ0v) is 18.4. The Morgan fingerprint density at radius 2 is 1.94 bits per heavy atom. The Hall–Kier alpha value is -2.25. The summed E-state index contributed by atoms with van der Waals surface area (Å²) in [5.41, 5.74) is 1.88. The van der Waals surface area contributed by atoms with Gasteiger partial charge in [-0.25, -0.2) is 9.13 Å². The first-order chi connectivity index (χ1) is 14.2. The Morgan fingerprint density at radius 3 is 2.65 bits per heavy atom. The highest BCUT2D eigenvalue weighted by atomic mass is 35.5. The molecule has 0 radical (unpaired) electrons. The number of hydrogen-bond donors (Lipinski definition) is 1. The molecule has 31 heavy (non-hydrogen) atoms. The lowest BCUT2D eigenvalue weighted by Gasteiger charge is -2.08. The van der Waals surface area contributed by atoms with Crippen LogP contribution in [0, 0.1) is 6.92 Å². The summed E-state index contributed by atoms with van der Waals surface area (Å²) in [6, 6.07) is 9.07. The van der Waals surface area contributed by atoms with Crippen LogP contribution < -0.4 is 22.3 Å². The van der Waals surface area contributed by atoms with Gasteiger partial charge in [-0.15, -0.1) is 0 Å². The van der Waals surface area contributed by atoms with E-state index in [1.165, 1.54) is 6.07 Å². The van der Waals surface area contributed by atoms with E-state index in [4.69, 9.17) is 11.6 Å². The number of carbonyl (C=O) groups excluding carboxylic acids is 1. The van der Waals surface area contributed by atoms with Gasteiger partial charge >= 0.3 is 6.18 Å². The minimum atomic E-state index is -4.44. The van der Waals surface area contributed by atoms with E-state index < -0.39 is 11.7 Å². The molecule has 0 atom stereocenters. The number of amides is 1. The molecule has 1 amide bonds. The number of benzene rings is 2. The molecule has 1 aromatic heterocycles. The van der Waals surface area contributed by atoms with E-state index >= 15 is 0 Å². The lowest BCUT2D eigenvalue weighted by Crippen LogP contribution is -3.00. The van der Waals surface area contributed by atoms with Gasteiger partial charge in [0.15, 0.2) is 17.6 Å².